The molecule has 3 aromatic rings. The zero-order valence-corrected chi connectivity index (χ0v) is 15.1. The molecule has 2 aromatic heterocycles. The molecule has 3 rings (SSSR count). The van der Waals surface area contributed by atoms with E-state index in [1.165, 1.54) is 0 Å². The summed E-state index contributed by atoms with van der Waals surface area (Å²) in [4.78, 5) is 31.3. The molecule has 0 saturated carbocycles. The van der Waals surface area contributed by atoms with Crippen LogP contribution in [0.1, 0.15) is 40.5 Å². The van der Waals surface area contributed by atoms with Gasteiger partial charge in [0.2, 0.25) is 5.82 Å². The van der Waals surface area contributed by atoms with Gasteiger partial charge in [-0.15, -0.1) is 0 Å². The topological polar surface area (TPSA) is 66.7 Å². The standard InChI is InChI=1S/C20H22N4O2/c1-14(2)21-19(25)17-16-11-7-8-12-24(16)18(22-17)20(26)23(3)13-15-9-5-4-6-10-15/h4-12,14H,13H2,1-3H3,(H,21,25). The van der Waals surface area contributed by atoms with Crippen LogP contribution in [0.4, 0.5) is 0 Å². The first kappa shape index (κ1) is 17.7. The smallest absolute Gasteiger partial charge is 0.290 e. The van der Waals surface area contributed by atoms with Gasteiger partial charge in [0.1, 0.15) is 0 Å². The van der Waals surface area contributed by atoms with Crippen molar-refractivity contribution in [2.75, 3.05) is 7.05 Å². The van der Waals surface area contributed by atoms with Crippen LogP contribution in [-0.4, -0.2) is 39.2 Å². The lowest BCUT2D eigenvalue weighted by atomic mass is 10.2. The van der Waals surface area contributed by atoms with Crippen LogP contribution < -0.4 is 5.32 Å². The highest BCUT2D eigenvalue weighted by Gasteiger charge is 2.23. The Morgan fingerprint density at radius 2 is 1.81 bits per heavy atom. The zero-order chi connectivity index (χ0) is 18.7. The minimum absolute atomic E-state index is 0.0112. The molecule has 0 fully saturated rings. The van der Waals surface area contributed by atoms with Gasteiger partial charge in [0.25, 0.3) is 11.8 Å². The van der Waals surface area contributed by atoms with Gasteiger partial charge in [-0.3, -0.25) is 14.0 Å². The molecule has 2 heterocycles. The number of carbonyl (C=O) groups is 2. The Labute approximate surface area is 152 Å². The molecule has 0 saturated heterocycles. The number of fused-ring (bicyclic) bond motifs is 1. The average molecular weight is 350 g/mol. The summed E-state index contributed by atoms with van der Waals surface area (Å²) in [6.07, 6.45) is 1.75. The number of amides is 2. The van der Waals surface area contributed by atoms with Gasteiger partial charge in [0, 0.05) is 25.8 Å². The van der Waals surface area contributed by atoms with E-state index in [4.69, 9.17) is 0 Å². The summed E-state index contributed by atoms with van der Waals surface area (Å²) >= 11 is 0. The molecule has 0 bridgehead atoms. The fourth-order valence-corrected chi connectivity index (χ4v) is 2.79. The number of pyridine rings is 1. The van der Waals surface area contributed by atoms with E-state index in [-0.39, 0.29) is 29.4 Å². The molecule has 0 unspecified atom stereocenters. The van der Waals surface area contributed by atoms with E-state index in [1.54, 1.807) is 28.6 Å². The minimum atomic E-state index is -0.284. The van der Waals surface area contributed by atoms with Crippen LogP contribution in [0, 0.1) is 0 Å². The number of hydrogen-bond donors (Lipinski definition) is 1. The second-order valence-electron chi connectivity index (χ2n) is 6.51. The van der Waals surface area contributed by atoms with Crippen LogP contribution in [0.25, 0.3) is 5.52 Å². The van der Waals surface area contributed by atoms with E-state index in [9.17, 15) is 9.59 Å². The summed E-state index contributed by atoms with van der Waals surface area (Å²) in [5.41, 5.74) is 1.90. The normalized spacial score (nSPS) is 10.9. The Morgan fingerprint density at radius 1 is 1.12 bits per heavy atom. The molecule has 2 amide bonds. The summed E-state index contributed by atoms with van der Waals surface area (Å²) < 4.78 is 1.67. The van der Waals surface area contributed by atoms with Crippen molar-refractivity contribution in [3.63, 3.8) is 0 Å². The largest absolute Gasteiger partial charge is 0.348 e. The third-order valence-corrected chi connectivity index (χ3v) is 3.98. The zero-order valence-electron chi connectivity index (χ0n) is 15.1. The molecule has 26 heavy (non-hydrogen) atoms. The highest BCUT2D eigenvalue weighted by molar-refractivity contribution is 6.02. The van der Waals surface area contributed by atoms with Crippen LogP contribution in [-0.2, 0) is 6.54 Å². The molecule has 0 aliphatic rings. The SMILES string of the molecule is CC(C)NC(=O)c1nc(C(=O)N(C)Cc2ccccc2)n2ccccc12. The molecular formula is C20H22N4O2. The van der Waals surface area contributed by atoms with E-state index in [0.717, 1.165) is 5.56 Å². The van der Waals surface area contributed by atoms with E-state index in [1.807, 2.05) is 56.3 Å². The first-order valence-corrected chi connectivity index (χ1v) is 8.54. The number of carbonyl (C=O) groups excluding carboxylic acids is 2. The second-order valence-corrected chi connectivity index (χ2v) is 6.51. The molecule has 6 heteroatoms. The fourth-order valence-electron chi connectivity index (χ4n) is 2.79. The van der Waals surface area contributed by atoms with E-state index < -0.39 is 0 Å². The Bertz CT molecular complexity index is 931. The third-order valence-electron chi connectivity index (χ3n) is 3.98. The molecule has 0 aliphatic carbocycles. The number of hydrogen-bond acceptors (Lipinski definition) is 3. The minimum Gasteiger partial charge on any atom is -0.348 e. The van der Waals surface area contributed by atoms with Gasteiger partial charge in [-0.1, -0.05) is 36.4 Å². The molecule has 6 nitrogen and oxygen atoms in total. The first-order chi connectivity index (χ1) is 12.5. The van der Waals surface area contributed by atoms with Gasteiger partial charge in [0.05, 0.1) is 5.52 Å². The quantitative estimate of drug-likeness (QED) is 0.769. The third kappa shape index (κ3) is 3.59. The maximum atomic E-state index is 12.9. The Kier molecular flexibility index (Phi) is 5.02. The monoisotopic (exact) mass is 350 g/mol. The lowest BCUT2D eigenvalue weighted by molar-refractivity contribution is 0.0772. The van der Waals surface area contributed by atoms with Crippen LogP contribution in [0.5, 0.6) is 0 Å². The van der Waals surface area contributed by atoms with Gasteiger partial charge < -0.3 is 10.2 Å². The number of benzene rings is 1. The lowest BCUT2D eigenvalue weighted by Crippen LogP contribution is -2.31. The predicted molar refractivity (Wildman–Crippen MR) is 100 cm³/mol. The molecule has 0 atom stereocenters. The van der Waals surface area contributed by atoms with Crippen molar-refractivity contribution < 1.29 is 9.59 Å². The number of nitrogens with one attached hydrogen (secondary N) is 1. The summed E-state index contributed by atoms with van der Waals surface area (Å²) in [6, 6.07) is 15.2. The van der Waals surface area contributed by atoms with Crippen molar-refractivity contribution in [3.8, 4) is 0 Å². The van der Waals surface area contributed by atoms with Crippen molar-refractivity contribution in [2.24, 2.45) is 0 Å². The van der Waals surface area contributed by atoms with Crippen molar-refractivity contribution >= 4 is 17.3 Å². The number of aromatic nitrogens is 2. The molecule has 0 spiro atoms. The number of rotatable bonds is 5. The predicted octanol–water partition coefficient (Wildman–Crippen LogP) is 2.74. The van der Waals surface area contributed by atoms with Crippen molar-refractivity contribution in [2.45, 2.75) is 26.4 Å². The van der Waals surface area contributed by atoms with Gasteiger partial charge >= 0.3 is 0 Å². The highest BCUT2D eigenvalue weighted by Crippen LogP contribution is 2.16. The molecule has 134 valence electrons. The van der Waals surface area contributed by atoms with E-state index in [2.05, 4.69) is 10.3 Å². The second kappa shape index (κ2) is 7.39. The van der Waals surface area contributed by atoms with Crippen molar-refractivity contribution in [3.05, 3.63) is 71.8 Å². The number of nitrogens with zero attached hydrogens (tertiary/aromatic N) is 3. The van der Waals surface area contributed by atoms with Crippen molar-refractivity contribution in [1.82, 2.24) is 19.6 Å². The summed E-state index contributed by atoms with van der Waals surface area (Å²) in [7, 11) is 1.73. The summed E-state index contributed by atoms with van der Waals surface area (Å²) in [5, 5.41) is 2.83. The van der Waals surface area contributed by atoms with Crippen LogP contribution in [0.15, 0.2) is 54.7 Å². The Balaban J connectivity index is 1.94. The van der Waals surface area contributed by atoms with Crippen molar-refractivity contribution in [1.29, 1.82) is 0 Å². The molecule has 0 aliphatic heterocycles. The summed E-state index contributed by atoms with van der Waals surface area (Å²) in [6.45, 7) is 4.24. The highest BCUT2D eigenvalue weighted by atomic mass is 16.2. The van der Waals surface area contributed by atoms with Crippen LogP contribution in [0.2, 0.25) is 0 Å². The molecular weight excluding hydrogens is 328 g/mol. The van der Waals surface area contributed by atoms with Crippen LogP contribution in [0.3, 0.4) is 0 Å². The molecule has 1 aromatic carbocycles. The van der Waals surface area contributed by atoms with Gasteiger partial charge in [0.15, 0.2) is 5.69 Å². The van der Waals surface area contributed by atoms with Gasteiger partial charge in [-0.25, -0.2) is 4.98 Å². The van der Waals surface area contributed by atoms with Crippen LogP contribution >= 0.6 is 0 Å². The van der Waals surface area contributed by atoms with Gasteiger partial charge in [-0.05, 0) is 31.5 Å². The Hall–Kier alpha value is -3.15. The Morgan fingerprint density at radius 3 is 2.50 bits per heavy atom. The number of imidazole rings is 1. The average Bonchev–Trinajstić information content (AvgIpc) is 3.01. The van der Waals surface area contributed by atoms with E-state index >= 15 is 0 Å². The maximum Gasteiger partial charge on any atom is 0.290 e. The summed E-state index contributed by atoms with van der Waals surface area (Å²) in [5.74, 6) is -0.292. The first-order valence-electron chi connectivity index (χ1n) is 8.54. The van der Waals surface area contributed by atoms with Gasteiger partial charge in [-0.2, -0.15) is 0 Å². The van der Waals surface area contributed by atoms with E-state index in [0.29, 0.717) is 12.1 Å². The fraction of sp³-hybridized carbons (Fsp3) is 0.250. The lowest BCUT2D eigenvalue weighted by Gasteiger charge is -2.16. The maximum absolute atomic E-state index is 12.9. The molecule has 1 N–H and O–H groups in total. The molecule has 0 radical (unpaired) electrons.